The fourth-order valence-corrected chi connectivity index (χ4v) is 4.59. The van der Waals surface area contributed by atoms with Gasteiger partial charge in [-0.1, -0.05) is 11.8 Å². The van der Waals surface area contributed by atoms with Crippen molar-refractivity contribution in [2.24, 2.45) is 0 Å². The number of nitrogens with two attached hydrogens (primary N) is 1. The Hall–Kier alpha value is -2.85. The van der Waals surface area contributed by atoms with Gasteiger partial charge in [0.25, 0.3) is 5.56 Å². The molecule has 4 aromatic rings. The molecule has 144 valence electrons. The first-order valence-corrected chi connectivity index (χ1v) is 10.2. The van der Waals surface area contributed by atoms with E-state index < -0.39 is 0 Å². The SMILES string of the molecule is COc1ccc(-c2nnc(SCc3nc4sc(C)c(C)c4c(=O)[nH]3)n2N)cc1. The zero-order valence-corrected chi connectivity index (χ0v) is 17.1. The third kappa shape index (κ3) is 3.25. The number of benzene rings is 1. The van der Waals surface area contributed by atoms with E-state index >= 15 is 0 Å². The molecule has 3 heterocycles. The minimum absolute atomic E-state index is 0.115. The number of fused-ring (bicyclic) bond motifs is 1. The van der Waals surface area contributed by atoms with Gasteiger partial charge < -0.3 is 15.6 Å². The highest BCUT2D eigenvalue weighted by molar-refractivity contribution is 7.98. The summed E-state index contributed by atoms with van der Waals surface area (Å²) in [6, 6.07) is 7.42. The minimum atomic E-state index is -0.115. The standard InChI is InChI=1S/C18H18N6O2S2/c1-9-10(2)28-17-14(9)16(25)20-13(21-17)8-27-18-23-22-15(24(18)19)11-4-6-12(26-3)7-5-11/h4-7H,8,19H2,1-3H3,(H,20,21,25). The van der Waals surface area contributed by atoms with E-state index in [9.17, 15) is 4.79 Å². The number of ether oxygens (including phenoxy) is 1. The highest BCUT2D eigenvalue weighted by Gasteiger charge is 2.15. The number of thiophene rings is 1. The quantitative estimate of drug-likeness (QED) is 0.381. The Morgan fingerprint density at radius 1 is 1.25 bits per heavy atom. The molecular formula is C18H18N6O2S2. The number of aromatic amines is 1. The fraction of sp³-hybridized carbons (Fsp3) is 0.222. The number of methoxy groups -OCH3 is 1. The summed E-state index contributed by atoms with van der Waals surface area (Å²) in [6.07, 6.45) is 0. The van der Waals surface area contributed by atoms with Gasteiger partial charge >= 0.3 is 0 Å². The van der Waals surface area contributed by atoms with Crippen LogP contribution in [0, 0.1) is 13.8 Å². The van der Waals surface area contributed by atoms with Crippen molar-refractivity contribution in [2.45, 2.75) is 24.8 Å². The Kier molecular flexibility index (Phi) is 4.82. The molecule has 0 aliphatic carbocycles. The summed E-state index contributed by atoms with van der Waals surface area (Å²) in [5, 5.41) is 9.53. The molecule has 0 aliphatic heterocycles. The Morgan fingerprint density at radius 3 is 2.71 bits per heavy atom. The zero-order valence-electron chi connectivity index (χ0n) is 15.5. The molecule has 0 unspecified atom stereocenters. The number of hydrogen-bond donors (Lipinski definition) is 2. The number of nitrogens with one attached hydrogen (secondary N) is 1. The summed E-state index contributed by atoms with van der Waals surface area (Å²) >= 11 is 2.89. The van der Waals surface area contributed by atoms with Crippen LogP contribution in [-0.2, 0) is 5.75 Å². The smallest absolute Gasteiger partial charge is 0.259 e. The van der Waals surface area contributed by atoms with Crippen LogP contribution in [0.5, 0.6) is 5.75 Å². The largest absolute Gasteiger partial charge is 0.497 e. The van der Waals surface area contributed by atoms with E-state index in [4.69, 9.17) is 10.6 Å². The fourth-order valence-electron chi connectivity index (χ4n) is 2.81. The molecule has 0 fully saturated rings. The number of rotatable bonds is 5. The number of H-pyrrole nitrogens is 1. The third-order valence-corrected chi connectivity index (χ3v) is 6.49. The van der Waals surface area contributed by atoms with E-state index in [2.05, 4.69) is 20.2 Å². The Labute approximate surface area is 168 Å². The Bertz CT molecular complexity index is 1210. The number of thioether (sulfide) groups is 1. The molecule has 0 aliphatic rings. The molecule has 0 saturated heterocycles. The summed E-state index contributed by atoms with van der Waals surface area (Å²) in [7, 11) is 1.61. The molecule has 4 rings (SSSR count). The number of nitrogens with zero attached hydrogens (tertiary/aromatic N) is 4. The predicted octanol–water partition coefficient (Wildman–Crippen LogP) is 2.87. The van der Waals surface area contributed by atoms with Crippen LogP contribution in [0.25, 0.3) is 21.6 Å². The minimum Gasteiger partial charge on any atom is -0.497 e. The van der Waals surface area contributed by atoms with Crippen molar-refractivity contribution in [2.75, 3.05) is 13.0 Å². The topological polar surface area (TPSA) is 112 Å². The van der Waals surface area contributed by atoms with Crippen LogP contribution in [0.1, 0.15) is 16.3 Å². The molecule has 10 heteroatoms. The van der Waals surface area contributed by atoms with Crippen molar-refractivity contribution in [1.29, 1.82) is 0 Å². The van der Waals surface area contributed by atoms with Gasteiger partial charge in [0.2, 0.25) is 5.16 Å². The average Bonchev–Trinajstić information content (AvgIpc) is 3.19. The second-order valence-corrected chi connectivity index (χ2v) is 8.32. The van der Waals surface area contributed by atoms with Gasteiger partial charge in [0.05, 0.1) is 18.2 Å². The lowest BCUT2D eigenvalue weighted by atomic mass is 10.2. The van der Waals surface area contributed by atoms with E-state index in [1.54, 1.807) is 7.11 Å². The molecule has 0 amide bonds. The first-order chi connectivity index (χ1) is 13.5. The monoisotopic (exact) mass is 414 g/mol. The summed E-state index contributed by atoms with van der Waals surface area (Å²) < 4.78 is 6.60. The molecule has 0 saturated carbocycles. The van der Waals surface area contributed by atoms with Gasteiger partial charge in [0, 0.05) is 10.4 Å². The molecule has 1 aromatic carbocycles. The summed E-state index contributed by atoms with van der Waals surface area (Å²) in [6.45, 7) is 3.93. The zero-order chi connectivity index (χ0) is 19.8. The third-order valence-electron chi connectivity index (χ3n) is 4.44. The normalized spacial score (nSPS) is 11.2. The maximum Gasteiger partial charge on any atom is 0.259 e. The van der Waals surface area contributed by atoms with E-state index in [0.29, 0.717) is 27.9 Å². The first kappa shape index (κ1) is 18.5. The van der Waals surface area contributed by atoms with Gasteiger partial charge in [0.15, 0.2) is 5.82 Å². The lowest BCUT2D eigenvalue weighted by Crippen LogP contribution is -2.13. The average molecular weight is 415 g/mol. The summed E-state index contributed by atoms with van der Waals surface area (Å²) in [5.74, 6) is 8.48. The first-order valence-electron chi connectivity index (χ1n) is 8.44. The maximum atomic E-state index is 12.4. The van der Waals surface area contributed by atoms with Gasteiger partial charge in [-0.25, -0.2) is 9.66 Å². The van der Waals surface area contributed by atoms with Crippen LogP contribution in [0.2, 0.25) is 0 Å². The number of hydrogen-bond acceptors (Lipinski definition) is 8. The van der Waals surface area contributed by atoms with Crippen LogP contribution in [0.15, 0.2) is 34.2 Å². The number of aromatic nitrogens is 5. The Balaban J connectivity index is 1.56. The van der Waals surface area contributed by atoms with Crippen LogP contribution in [0.4, 0.5) is 0 Å². The Morgan fingerprint density at radius 2 is 2.00 bits per heavy atom. The van der Waals surface area contributed by atoms with Crippen molar-refractivity contribution in [3.05, 3.63) is 50.9 Å². The molecule has 28 heavy (non-hydrogen) atoms. The van der Waals surface area contributed by atoms with Crippen molar-refractivity contribution in [3.8, 4) is 17.1 Å². The molecule has 8 nitrogen and oxygen atoms in total. The summed E-state index contributed by atoms with van der Waals surface area (Å²) in [4.78, 5) is 21.7. The molecule has 0 radical (unpaired) electrons. The van der Waals surface area contributed by atoms with Gasteiger partial charge in [-0.05, 0) is 43.7 Å². The van der Waals surface area contributed by atoms with Crippen molar-refractivity contribution < 1.29 is 4.74 Å². The van der Waals surface area contributed by atoms with Crippen LogP contribution >= 0.6 is 23.1 Å². The van der Waals surface area contributed by atoms with Crippen LogP contribution in [-0.4, -0.2) is 32.0 Å². The molecule has 3 aromatic heterocycles. The second kappa shape index (κ2) is 7.28. The number of nitrogen functional groups attached to an aromatic ring is 1. The molecule has 0 bridgehead atoms. The molecule has 3 N–H and O–H groups in total. The van der Waals surface area contributed by atoms with Crippen molar-refractivity contribution in [3.63, 3.8) is 0 Å². The van der Waals surface area contributed by atoms with Crippen LogP contribution in [0.3, 0.4) is 0 Å². The highest BCUT2D eigenvalue weighted by Crippen LogP contribution is 2.28. The maximum absolute atomic E-state index is 12.4. The highest BCUT2D eigenvalue weighted by atomic mass is 32.2. The molecule has 0 atom stereocenters. The van der Waals surface area contributed by atoms with Crippen LogP contribution < -0.4 is 16.1 Å². The van der Waals surface area contributed by atoms with Gasteiger partial charge in [-0.15, -0.1) is 21.5 Å². The van der Waals surface area contributed by atoms with E-state index in [1.165, 1.54) is 27.8 Å². The second-order valence-electron chi connectivity index (χ2n) is 6.17. The lowest BCUT2D eigenvalue weighted by molar-refractivity contribution is 0.415. The molecule has 0 spiro atoms. The number of aryl methyl sites for hydroxylation is 2. The van der Waals surface area contributed by atoms with Crippen molar-refractivity contribution in [1.82, 2.24) is 24.8 Å². The van der Waals surface area contributed by atoms with E-state index in [1.807, 2.05) is 38.1 Å². The van der Waals surface area contributed by atoms with Crippen molar-refractivity contribution >= 4 is 33.3 Å². The lowest BCUT2D eigenvalue weighted by Gasteiger charge is -2.05. The van der Waals surface area contributed by atoms with Gasteiger partial charge in [-0.2, -0.15) is 0 Å². The van der Waals surface area contributed by atoms with E-state index in [-0.39, 0.29) is 5.56 Å². The molecular weight excluding hydrogens is 396 g/mol. The van der Waals surface area contributed by atoms with Gasteiger partial charge in [0.1, 0.15) is 16.4 Å². The predicted molar refractivity (Wildman–Crippen MR) is 111 cm³/mol. The summed E-state index contributed by atoms with van der Waals surface area (Å²) in [5.41, 5.74) is 1.70. The van der Waals surface area contributed by atoms with Gasteiger partial charge in [-0.3, -0.25) is 4.79 Å². The van der Waals surface area contributed by atoms with E-state index in [0.717, 1.165) is 26.6 Å².